The Hall–Kier alpha value is -4.00. The standard InChI is InChI=1S/C35H40Cl2N4O7S/c1-35(2,3)48-34(44)40-19-16-23(17-20-40)22-38-32(42)29-8-6-18-41(29)33(43)24-10-13-26(14-11-24)49(45,46)39-28-7-4-5-9-31(28)47-30-15-12-25(36)21-27(30)37/h4-5,7,9-15,21,23,29,39H,6,8,16-20,22H2,1-3H3,(H,38,42). The van der Waals surface area contributed by atoms with Gasteiger partial charge in [-0.15, -0.1) is 0 Å². The molecule has 0 aromatic heterocycles. The molecule has 0 bridgehead atoms. The molecule has 2 heterocycles. The van der Waals surface area contributed by atoms with Gasteiger partial charge in [0.2, 0.25) is 5.91 Å². The van der Waals surface area contributed by atoms with E-state index in [1.54, 1.807) is 41.3 Å². The summed E-state index contributed by atoms with van der Waals surface area (Å²) in [5, 5.41) is 3.71. The summed E-state index contributed by atoms with van der Waals surface area (Å²) in [6, 6.07) is 16.2. The number of ether oxygens (including phenoxy) is 2. The second-order valence-corrected chi connectivity index (χ2v) is 15.6. The maximum Gasteiger partial charge on any atom is 0.410 e. The zero-order valence-corrected chi connectivity index (χ0v) is 29.9. The van der Waals surface area contributed by atoms with Gasteiger partial charge in [-0.2, -0.15) is 0 Å². The number of anilines is 1. The number of carbonyl (C=O) groups is 3. The van der Waals surface area contributed by atoms with Crippen LogP contribution in [0.25, 0.3) is 0 Å². The molecule has 3 aromatic rings. The summed E-state index contributed by atoms with van der Waals surface area (Å²) in [4.78, 5) is 42.2. The van der Waals surface area contributed by atoms with E-state index in [0.717, 1.165) is 12.8 Å². The molecule has 3 aromatic carbocycles. The van der Waals surface area contributed by atoms with Crippen LogP contribution in [0.1, 0.15) is 56.8 Å². The van der Waals surface area contributed by atoms with E-state index in [-0.39, 0.29) is 50.7 Å². The molecule has 2 fully saturated rings. The SMILES string of the molecule is CC(C)(C)OC(=O)N1CCC(CNC(=O)C2CCCN2C(=O)c2ccc(S(=O)(=O)Nc3ccccc3Oc3ccc(Cl)cc3Cl)cc2)CC1. The number of carbonyl (C=O) groups excluding carboxylic acids is 3. The summed E-state index contributed by atoms with van der Waals surface area (Å²) in [6.07, 6.45) is 2.37. The van der Waals surface area contributed by atoms with Gasteiger partial charge in [0.05, 0.1) is 15.6 Å². The van der Waals surface area contributed by atoms with E-state index in [0.29, 0.717) is 49.8 Å². The molecule has 0 saturated carbocycles. The summed E-state index contributed by atoms with van der Waals surface area (Å²) in [6.45, 7) is 7.50. The first kappa shape index (κ1) is 36.3. The molecule has 3 amide bonds. The fourth-order valence-electron chi connectivity index (χ4n) is 5.75. The summed E-state index contributed by atoms with van der Waals surface area (Å²) in [5.41, 5.74) is -0.0935. The predicted molar refractivity (Wildman–Crippen MR) is 188 cm³/mol. The van der Waals surface area contributed by atoms with Gasteiger partial charge >= 0.3 is 6.09 Å². The van der Waals surface area contributed by atoms with Crippen LogP contribution in [0.3, 0.4) is 0 Å². The summed E-state index contributed by atoms with van der Waals surface area (Å²) >= 11 is 12.2. The van der Waals surface area contributed by atoms with Crippen LogP contribution in [0.5, 0.6) is 11.5 Å². The average Bonchev–Trinajstić information content (AvgIpc) is 3.55. The van der Waals surface area contributed by atoms with E-state index in [1.165, 1.54) is 35.2 Å². The number of halogens is 2. The molecule has 49 heavy (non-hydrogen) atoms. The number of hydrogen-bond acceptors (Lipinski definition) is 7. The Morgan fingerprint density at radius 3 is 2.27 bits per heavy atom. The van der Waals surface area contributed by atoms with Crippen LogP contribution in [0, 0.1) is 5.92 Å². The molecule has 1 unspecified atom stereocenters. The van der Waals surface area contributed by atoms with Crippen molar-refractivity contribution in [2.45, 2.75) is 63.0 Å². The highest BCUT2D eigenvalue weighted by atomic mass is 35.5. The second-order valence-electron chi connectivity index (χ2n) is 13.1. The van der Waals surface area contributed by atoms with Gasteiger partial charge in [-0.25, -0.2) is 13.2 Å². The second kappa shape index (κ2) is 15.3. The lowest BCUT2D eigenvalue weighted by Gasteiger charge is -2.33. The van der Waals surface area contributed by atoms with Gasteiger partial charge in [-0.05, 0) is 107 Å². The Kier molecular flexibility index (Phi) is 11.3. The maximum absolute atomic E-state index is 13.5. The summed E-state index contributed by atoms with van der Waals surface area (Å²) < 4.78 is 40.5. The van der Waals surface area contributed by atoms with Gasteiger partial charge in [0.25, 0.3) is 15.9 Å². The third kappa shape index (κ3) is 9.37. The van der Waals surface area contributed by atoms with Crippen LogP contribution in [-0.4, -0.2) is 73.9 Å². The predicted octanol–water partition coefficient (Wildman–Crippen LogP) is 6.95. The van der Waals surface area contributed by atoms with Crippen molar-refractivity contribution in [2.75, 3.05) is 30.9 Å². The van der Waals surface area contributed by atoms with Gasteiger partial charge in [-0.3, -0.25) is 14.3 Å². The van der Waals surface area contributed by atoms with Gasteiger partial charge in [-0.1, -0.05) is 35.3 Å². The van der Waals surface area contributed by atoms with Crippen LogP contribution in [0.15, 0.2) is 71.6 Å². The fourth-order valence-corrected chi connectivity index (χ4v) is 7.27. The smallest absolute Gasteiger partial charge is 0.410 e. The number of rotatable bonds is 9. The molecule has 2 aliphatic heterocycles. The minimum Gasteiger partial charge on any atom is -0.454 e. The van der Waals surface area contributed by atoms with Crippen molar-refractivity contribution in [1.29, 1.82) is 0 Å². The summed E-state index contributed by atoms with van der Waals surface area (Å²) in [7, 11) is -4.07. The van der Waals surface area contributed by atoms with E-state index in [9.17, 15) is 22.8 Å². The number of likely N-dealkylation sites (tertiary alicyclic amines) is 2. The van der Waals surface area contributed by atoms with Crippen molar-refractivity contribution in [3.63, 3.8) is 0 Å². The molecule has 0 aliphatic carbocycles. The topological polar surface area (TPSA) is 134 Å². The Bertz CT molecular complexity index is 1790. The average molecular weight is 732 g/mol. The lowest BCUT2D eigenvalue weighted by molar-refractivity contribution is -0.125. The van der Waals surface area contributed by atoms with Crippen LogP contribution in [0.4, 0.5) is 10.5 Å². The summed E-state index contributed by atoms with van der Waals surface area (Å²) in [5.74, 6) is 0.176. The molecule has 14 heteroatoms. The minimum absolute atomic E-state index is 0.0585. The Morgan fingerprint density at radius 1 is 0.898 bits per heavy atom. The molecular weight excluding hydrogens is 691 g/mol. The first-order valence-electron chi connectivity index (χ1n) is 16.1. The number of amides is 3. The van der Waals surface area contributed by atoms with Crippen molar-refractivity contribution >= 4 is 56.8 Å². The number of benzene rings is 3. The Balaban J connectivity index is 1.16. The van der Waals surface area contributed by atoms with Crippen molar-refractivity contribution < 1.29 is 32.3 Å². The Morgan fingerprint density at radius 2 is 1.59 bits per heavy atom. The zero-order valence-electron chi connectivity index (χ0n) is 27.6. The van der Waals surface area contributed by atoms with Crippen LogP contribution in [0.2, 0.25) is 10.0 Å². The van der Waals surface area contributed by atoms with Crippen molar-refractivity contribution in [3.8, 4) is 11.5 Å². The number of sulfonamides is 1. The number of nitrogens with one attached hydrogen (secondary N) is 2. The molecular formula is C35H40Cl2N4O7S. The molecule has 0 spiro atoms. The van der Waals surface area contributed by atoms with E-state index >= 15 is 0 Å². The highest BCUT2D eigenvalue weighted by Crippen LogP contribution is 2.36. The molecule has 262 valence electrons. The quantitative estimate of drug-likeness (QED) is 0.243. The van der Waals surface area contributed by atoms with Crippen LogP contribution >= 0.6 is 23.2 Å². The first-order valence-corrected chi connectivity index (χ1v) is 18.4. The van der Waals surface area contributed by atoms with Gasteiger partial charge in [0.15, 0.2) is 5.75 Å². The van der Waals surface area contributed by atoms with E-state index in [4.69, 9.17) is 32.7 Å². The van der Waals surface area contributed by atoms with Crippen molar-refractivity contribution in [2.24, 2.45) is 5.92 Å². The lowest BCUT2D eigenvalue weighted by Crippen LogP contribution is -2.48. The molecule has 2 saturated heterocycles. The third-order valence-electron chi connectivity index (χ3n) is 8.30. The molecule has 2 N–H and O–H groups in total. The van der Waals surface area contributed by atoms with Gasteiger partial charge in [0, 0.05) is 36.8 Å². The molecule has 1 atom stereocenters. The Labute approximate surface area is 296 Å². The zero-order chi connectivity index (χ0) is 35.3. The highest BCUT2D eigenvalue weighted by molar-refractivity contribution is 7.92. The fraction of sp³-hybridized carbons (Fsp3) is 0.400. The minimum atomic E-state index is -4.07. The molecule has 2 aliphatic rings. The van der Waals surface area contributed by atoms with E-state index in [2.05, 4.69) is 10.0 Å². The van der Waals surface area contributed by atoms with Gasteiger partial charge in [0.1, 0.15) is 17.4 Å². The highest BCUT2D eigenvalue weighted by Gasteiger charge is 2.35. The van der Waals surface area contributed by atoms with Crippen LogP contribution in [-0.2, 0) is 19.6 Å². The number of hydrogen-bond donors (Lipinski definition) is 2. The van der Waals surface area contributed by atoms with E-state index < -0.39 is 21.7 Å². The normalized spacial score (nSPS) is 17.0. The maximum atomic E-state index is 13.5. The van der Waals surface area contributed by atoms with Crippen molar-refractivity contribution in [3.05, 3.63) is 82.3 Å². The number of piperidine rings is 1. The van der Waals surface area contributed by atoms with E-state index in [1.807, 2.05) is 20.8 Å². The number of para-hydroxylation sites is 2. The van der Waals surface area contributed by atoms with Gasteiger partial charge < -0.3 is 24.6 Å². The first-order chi connectivity index (χ1) is 23.2. The largest absolute Gasteiger partial charge is 0.454 e. The van der Waals surface area contributed by atoms with Crippen molar-refractivity contribution in [1.82, 2.24) is 15.1 Å². The third-order valence-corrected chi connectivity index (χ3v) is 10.2. The molecule has 5 rings (SSSR count). The van der Waals surface area contributed by atoms with Crippen LogP contribution < -0.4 is 14.8 Å². The number of nitrogens with zero attached hydrogens (tertiary/aromatic N) is 2. The lowest BCUT2D eigenvalue weighted by atomic mass is 9.97. The molecule has 11 nitrogen and oxygen atoms in total. The molecule has 0 radical (unpaired) electrons. The monoisotopic (exact) mass is 730 g/mol.